The average molecular weight is 398 g/mol. The maximum Gasteiger partial charge on any atom is 0.317 e. The summed E-state index contributed by atoms with van der Waals surface area (Å²) in [6, 6.07) is -0.308. The number of β-amino-alcohol motifs (C(OH)–C–C–N with tert-alkyl or cyclic N) is 1. The minimum Gasteiger partial charge on any atom is -0.389 e. The van der Waals surface area contributed by atoms with E-state index in [4.69, 9.17) is 9.47 Å². The first-order valence-corrected chi connectivity index (χ1v) is 10.8. The van der Waals surface area contributed by atoms with Crippen LogP contribution in [0, 0.1) is 0 Å². The van der Waals surface area contributed by atoms with Gasteiger partial charge in [0.15, 0.2) is 0 Å². The number of carbonyl (C=O) groups is 2. The van der Waals surface area contributed by atoms with Gasteiger partial charge in [0.1, 0.15) is 6.10 Å². The van der Waals surface area contributed by atoms with Gasteiger partial charge in [-0.3, -0.25) is 4.79 Å². The molecule has 2 N–H and O–H groups in total. The molecular formula is C20H35N3O5. The van der Waals surface area contributed by atoms with Gasteiger partial charge in [-0.05, 0) is 38.5 Å². The predicted molar refractivity (Wildman–Crippen MR) is 104 cm³/mol. The molecule has 0 aromatic heterocycles. The number of likely N-dealkylation sites (tertiary alicyclic amines) is 1. The van der Waals surface area contributed by atoms with Gasteiger partial charge < -0.3 is 29.7 Å². The van der Waals surface area contributed by atoms with Gasteiger partial charge >= 0.3 is 6.03 Å². The number of hydrogen-bond donors (Lipinski definition) is 2. The Morgan fingerprint density at radius 3 is 2.68 bits per heavy atom. The van der Waals surface area contributed by atoms with E-state index in [0.29, 0.717) is 19.6 Å². The molecule has 0 aromatic carbocycles. The van der Waals surface area contributed by atoms with Crippen LogP contribution in [-0.4, -0.2) is 90.6 Å². The van der Waals surface area contributed by atoms with Crippen molar-refractivity contribution in [1.29, 1.82) is 0 Å². The highest BCUT2D eigenvalue weighted by Crippen LogP contribution is 2.28. The molecule has 0 aliphatic carbocycles. The van der Waals surface area contributed by atoms with Gasteiger partial charge in [0, 0.05) is 19.6 Å². The molecule has 3 aliphatic rings. The van der Waals surface area contributed by atoms with Crippen LogP contribution in [-0.2, 0) is 14.3 Å². The van der Waals surface area contributed by atoms with Crippen LogP contribution < -0.4 is 5.32 Å². The van der Waals surface area contributed by atoms with Crippen molar-refractivity contribution < 1.29 is 24.2 Å². The number of ether oxygens (including phenoxy) is 2. The van der Waals surface area contributed by atoms with Crippen molar-refractivity contribution in [2.75, 3.05) is 39.4 Å². The minimum atomic E-state index is -0.702. The summed E-state index contributed by atoms with van der Waals surface area (Å²) in [5.74, 6) is 0.169. The number of amides is 3. The van der Waals surface area contributed by atoms with Gasteiger partial charge in [-0.2, -0.15) is 0 Å². The first-order valence-electron chi connectivity index (χ1n) is 10.8. The van der Waals surface area contributed by atoms with Gasteiger partial charge in [-0.1, -0.05) is 6.92 Å². The molecule has 0 spiro atoms. The highest BCUT2D eigenvalue weighted by Gasteiger charge is 2.40. The van der Waals surface area contributed by atoms with Gasteiger partial charge in [-0.25, -0.2) is 4.79 Å². The fourth-order valence-electron chi connectivity index (χ4n) is 4.38. The Labute approximate surface area is 167 Å². The number of nitrogens with zero attached hydrogens (tertiary/aromatic N) is 2. The second-order valence-corrected chi connectivity index (χ2v) is 8.16. The molecular weight excluding hydrogens is 362 g/mol. The second-order valence-electron chi connectivity index (χ2n) is 8.16. The molecule has 160 valence electrons. The highest BCUT2D eigenvalue weighted by atomic mass is 16.5. The maximum absolute atomic E-state index is 12.6. The van der Waals surface area contributed by atoms with Crippen LogP contribution in [0.2, 0.25) is 0 Å². The van der Waals surface area contributed by atoms with E-state index in [0.717, 1.165) is 45.2 Å². The summed E-state index contributed by atoms with van der Waals surface area (Å²) in [5, 5.41) is 13.0. The van der Waals surface area contributed by atoms with Crippen molar-refractivity contribution in [3.8, 4) is 0 Å². The van der Waals surface area contributed by atoms with Crippen LogP contribution >= 0.6 is 0 Å². The van der Waals surface area contributed by atoms with Crippen molar-refractivity contribution in [2.45, 2.75) is 76.2 Å². The summed E-state index contributed by atoms with van der Waals surface area (Å²) in [6.07, 6.45) is 4.99. The topological polar surface area (TPSA) is 91.3 Å². The number of rotatable bonds is 4. The van der Waals surface area contributed by atoms with E-state index < -0.39 is 6.10 Å². The van der Waals surface area contributed by atoms with Crippen LogP contribution in [0.5, 0.6) is 0 Å². The molecule has 3 rings (SSSR count). The van der Waals surface area contributed by atoms with Crippen LogP contribution in [0.3, 0.4) is 0 Å². The zero-order chi connectivity index (χ0) is 19.9. The summed E-state index contributed by atoms with van der Waals surface area (Å²) in [6.45, 7) is 5.06. The summed E-state index contributed by atoms with van der Waals surface area (Å²) in [4.78, 5) is 28.9. The zero-order valence-electron chi connectivity index (χ0n) is 17.0. The van der Waals surface area contributed by atoms with Crippen molar-refractivity contribution in [1.82, 2.24) is 15.1 Å². The van der Waals surface area contributed by atoms with E-state index in [9.17, 15) is 14.7 Å². The van der Waals surface area contributed by atoms with Crippen LogP contribution in [0.15, 0.2) is 0 Å². The van der Waals surface area contributed by atoms with E-state index in [2.05, 4.69) is 5.32 Å². The van der Waals surface area contributed by atoms with E-state index in [1.807, 2.05) is 11.8 Å². The second kappa shape index (κ2) is 10.4. The number of urea groups is 1. The SMILES string of the molecule is CCCNC(=O)N1C[C@@H](O)COC[C@@H]2O[C@H](CC(=O)N3CCCCC3)CC[C@H]21. The van der Waals surface area contributed by atoms with Gasteiger partial charge in [-0.15, -0.1) is 0 Å². The molecule has 3 heterocycles. The number of hydrogen-bond acceptors (Lipinski definition) is 5. The number of nitrogens with one attached hydrogen (secondary N) is 1. The summed E-state index contributed by atoms with van der Waals surface area (Å²) < 4.78 is 11.8. The monoisotopic (exact) mass is 397 g/mol. The maximum atomic E-state index is 12.6. The Balaban J connectivity index is 1.60. The first kappa shape index (κ1) is 21.3. The molecule has 8 heteroatoms. The van der Waals surface area contributed by atoms with Crippen molar-refractivity contribution in [2.24, 2.45) is 0 Å². The number of carbonyl (C=O) groups excluding carboxylic acids is 2. The summed E-state index contributed by atoms with van der Waals surface area (Å²) >= 11 is 0. The third-order valence-corrected chi connectivity index (χ3v) is 5.88. The molecule has 0 radical (unpaired) electrons. The largest absolute Gasteiger partial charge is 0.389 e. The van der Waals surface area contributed by atoms with Crippen LogP contribution in [0.4, 0.5) is 4.79 Å². The van der Waals surface area contributed by atoms with Gasteiger partial charge in [0.25, 0.3) is 0 Å². The Kier molecular flexibility index (Phi) is 7.93. The standard InChI is InChI=1S/C20H35N3O5/c1-2-8-21-20(26)23-12-15(24)13-27-14-18-17(23)7-6-16(28-18)11-19(25)22-9-4-3-5-10-22/h15-18,24H,2-14H2,1H3,(H,21,26)/t15-,16+,17-,18+/m1/s1. The molecule has 0 aromatic rings. The van der Waals surface area contributed by atoms with Crippen molar-refractivity contribution in [3.63, 3.8) is 0 Å². The fraction of sp³-hybridized carbons (Fsp3) is 0.900. The van der Waals surface area contributed by atoms with E-state index >= 15 is 0 Å². The number of aliphatic hydroxyl groups is 1. The van der Waals surface area contributed by atoms with Crippen molar-refractivity contribution >= 4 is 11.9 Å². The third-order valence-electron chi connectivity index (χ3n) is 5.88. The molecule has 0 bridgehead atoms. The van der Waals surface area contributed by atoms with E-state index in [1.54, 1.807) is 4.90 Å². The summed E-state index contributed by atoms with van der Waals surface area (Å²) in [7, 11) is 0. The lowest BCUT2D eigenvalue weighted by atomic mass is 9.94. The van der Waals surface area contributed by atoms with E-state index in [-0.39, 0.29) is 43.3 Å². The predicted octanol–water partition coefficient (Wildman–Crippen LogP) is 1.12. The minimum absolute atomic E-state index is 0.135. The van der Waals surface area contributed by atoms with E-state index in [1.165, 1.54) is 6.42 Å². The molecule has 3 amide bonds. The molecule has 4 atom stereocenters. The Morgan fingerprint density at radius 1 is 1.14 bits per heavy atom. The Morgan fingerprint density at radius 2 is 1.93 bits per heavy atom. The zero-order valence-corrected chi connectivity index (χ0v) is 17.0. The number of fused-ring (bicyclic) bond motifs is 1. The van der Waals surface area contributed by atoms with Gasteiger partial charge in [0.2, 0.25) is 5.91 Å². The van der Waals surface area contributed by atoms with Crippen LogP contribution in [0.1, 0.15) is 51.9 Å². The Hall–Kier alpha value is -1.38. The van der Waals surface area contributed by atoms with Gasteiger partial charge in [0.05, 0.1) is 44.4 Å². The first-order chi connectivity index (χ1) is 13.6. The summed E-state index contributed by atoms with van der Waals surface area (Å²) in [5.41, 5.74) is 0. The lowest BCUT2D eigenvalue weighted by Crippen LogP contribution is -2.59. The lowest BCUT2D eigenvalue weighted by Gasteiger charge is -2.44. The Bertz CT molecular complexity index is 526. The van der Waals surface area contributed by atoms with Crippen molar-refractivity contribution in [3.05, 3.63) is 0 Å². The third kappa shape index (κ3) is 5.58. The fourth-order valence-corrected chi connectivity index (χ4v) is 4.38. The molecule has 3 fully saturated rings. The molecule has 3 aliphatic heterocycles. The lowest BCUT2D eigenvalue weighted by molar-refractivity contribution is -0.155. The average Bonchev–Trinajstić information content (AvgIpc) is 2.70. The number of aliphatic hydroxyl groups excluding tert-OH is 1. The number of piperidine rings is 1. The van der Waals surface area contributed by atoms with Crippen LogP contribution in [0.25, 0.3) is 0 Å². The quantitative estimate of drug-likeness (QED) is 0.742. The molecule has 3 saturated heterocycles. The highest BCUT2D eigenvalue weighted by molar-refractivity contribution is 5.77. The molecule has 0 unspecified atom stereocenters. The molecule has 8 nitrogen and oxygen atoms in total. The normalized spacial score (nSPS) is 31.5. The molecule has 0 saturated carbocycles. The molecule has 28 heavy (non-hydrogen) atoms. The smallest absolute Gasteiger partial charge is 0.317 e.